The number of anilines is 1. The Morgan fingerprint density at radius 1 is 1.30 bits per heavy atom. The van der Waals surface area contributed by atoms with Crippen molar-refractivity contribution in [3.05, 3.63) is 48.0 Å². The number of benzene rings is 1. The van der Waals surface area contributed by atoms with E-state index in [0.717, 1.165) is 43.1 Å². The molecule has 27 heavy (non-hydrogen) atoms. The van der Waals surface area contributed by atoms with E-state index >= 15 is 0 Å². The Hall–Kier alpha value is -2.38. The van der Waals surface area contributed by atoms with Crippen LogP contribution in [0, 0.1) is 5.92 Å². The van der Waals surface area contributed by atoms with E-state index in [9.17, 15) is 4.79 Å². The minimum atomic E-state index is 0.0657. The molecule has 2 saturated heterocycles. The number of H-pyrrole nitrogens is 1. The Bertz CT molecular complexity index is 776. The Morgan fingerprint density at radius 3 is 2.96 bits per heavy atom. The lowest BCUT2D eigenvalue weighted by molar-refractivity contribution is 0.0422. The average molecular weight is 369 g/mol. The van der Waals surface area contributed by atoms with Crippen LogP contribution in [-0.2, 0) is 11.3 Å². The second kappa shape index (κ2) is 7.70. The monoisotopic (exact) mass is 369 g/mol. The van der Waals surface area contributed by atoms with E-state index < -0.39 is 0 Å². The maximum absolute atomic E-state index is 13.3. The zero-order valence-electron chi connectivity index (χ0n) is 16.0. The quantitative estimate of drug-likeness (QED) is 0.884. The third-order valence-electron chi connectivity index (χ3n) is 5.36. The minimum Gasteiger partial charge on any atom is -0.379 e. The van der Waals surface area contributed by atoms with Crippen LogP contribution in [0.3, 0.4) is 0 Å². The largest absolute Gasteiger partial charge is 0.379 e. The molecular formula is C20H27N5O2. The number of amides is 1. The number of hydrogen-bond donors (Lipinski definition) is 1. The molecule has 3 heterocycles. The Balaban J connectivity index is 1.54. The van der Waals surface area contributed by atoms with E-state index in [2.05, 4.69) is 14.9 Å². The van der Waals surface area contributed by atoms with Crippen LogP contribution < -0.4 is 4.90 Å². The normalized spacial score (nSPS) is 23.1. The van der Waals surface area contributed by atoms with Gasteiger partial charge in [-0.3, -0.25) is 9.69 Å². The van der Waals surface area contributed by atoms with Crippen LogP contribution in [0.4, 0.5) is 5.69 Å². The summed E-state index contributed by atoms with van der Waals surface area (Å²) in [7, 11) is 3.98. The molecular weight excluding hydrogens is 342 g/mol. The number of aromatic amines is 1. The molecule has 1 N–H and O–H groups in total. The Labute approximate surface area is 159 Å². The van der Waals surface area contributed by atoms with Crippen molar-refractivity contribution >= 4 is 11.6 Å². The van der Waals surface area contributed by atoms with Gasteiger partial charge in [-0.05, 0) is 18.2 Å². The standard InChI is InChI=1S/C20H27N5O2/c1-23(2)18-5-3-4-16(6-18)20(26)25-9-15-8-24(10-17-7-21-14-22-17)11-19(25)13-27-12-15/h3-7,14-15,19H,8-13H2,1-2H3,(H,21,22)/t15-,19-/m0/s1. The second-order valence-electron chi connectivity index (χ2n) is 7.73. The maximum Gasteiger partial charge on any atom is 0.254 e. The highest BCUT2D eigenvalue weighted by atomic mass is 16.5. The van der Waals surface area contributed by atoms with Gasteiger partial charge in [0.2, 0.25) is 0 Å². The van der Waals surface area contributed by atoms with Crippen molar-refractivity contribution in [1.82, 2.24) is 19.8 Å². The first kappa shape index (κ1) is 18.0. The molecule has 2 bridgehead atoms. The number of nitrogens with zero attached hydrogens (tertiary/aromatic N) is 4. The van der Waals surface area contributed by atoms with Gasteiger partial charge < -0.3 is 19.5 Å². The molecule has 0 radical (unpaired) electrons. The summed E-state index contributed by atoms with van der Waals surface area (Å²) in [4.78, 5) is 27.1. The second-order valence-corrected chi connectivity index (χ2v) is 7.73. The number of aromatic nitrogens is 2. The summed E-state index contributed by atoms with van der Waals surface area (Å²) in [6.07, 6.45) is 3.58. The molecule has 2 fully saturated rings. The number of fused-ring (bicyclic) bond motifs is 3. The molecule has 0 saturated carbocycles. The Morgan fingerprint density at radius 2 is 2.19 bits per heavy atom. The molecule has 1 aromatic heterocycles. The zero-order chi connectivity index (χ0) is 18.8. The van der Waals surface area contributed by atoms with Crippen LogP contribution in [-0.4, -0.2) is 78.7 Å². The molecule has 1 aromatic carbocycles. The van der Waals surface area contributed by atoms with Crippen molar-refractivity contribution in [2.24, 2.45) is 5.92 Å². The molecule has 0 unspecified atom stereocenters. The molecule has 7 heteroatoms. The van der Waals surface area contributed by atoms with Crippen molar-refractivity contribution in [1.29, 1.82) is 0 Å². The molecule has 7 nitrogen and oxygen atoms in total. The SMILES string of the molecule is CN(C)c1cccc(C(=O)N2C[C@H]3COC[C@@H]2CN(Cc2cnc[nH]2)C3)c1. The molecule has 2 aliphatic rings. The third-order valence-corrected chi connectivity index (χ3v) is 5.36. The molecule has 2 atom stereocenters. The fourth-order valence-corrected chi connectivity index (χ4v) is 4.01. The number of carbonyl (C=O) groups excluding carboxylic acids is 1. The van der Waals surface area contributed by atoms with Gasteiger partial charge in [0, 0.05) is 69.3 Å². The highest BCUT2D eigenvalue weighted by Crippen LogP contribution is 2.24. The van der Waals surface area contributed by atoms with Crippen molar-refractivity contribution in [3.63, 3.8) is 0 Å². The first-order valence-corrected chi connectivity index (χ1v) is 9.46. The van der Waals surface area contributed by atoms with Crippen LogP contribution in [0.25, 0.3) is 0 Å². The van der Waals surface area contributed by atoms with E-state index in [1.165, 1.54) is 0 Å². The summed E-state index contributed by atoms with van der Waals surface area (Å²) < 4.78 is 5.87. The summed E-state index contributed by atoms with van der Waals surface area (Å²) in [6, 6.07) is 7.92. The summed E-state index contributed by atoms with van der Waals surface area (Å²) in [5, 5.41) is 0. The van der Waals surface area contributed by atoms with Gasteiger partial charge in [0.05, 0.1) is 25.6 Å². The van der Waals surface area contributed by atoms with Gasteiger partial charge in [0.15, 0.2) is 0 Å². The molecule has 2 aliphatic heterocycles. The van der Waals surface area contributed by atoms with Crippen LogP contribution in [0.1, 0.15) is 16.1 Å². The fourth-order valence-electron chi connectivity index (χ4n) is 4.01. The van der Waals surface area contributed by atoms with E-state index in [-0.39, 0.29) is 11.9 Å². The summed E-state index contributed by atoms with van der Waals surface area (Å²) in [5.41, 5.74) is 2.89. The lowest BCUT2D eigenvalue weighted by atomic mass is 10.1. The molecule has 0 spiro atoms. The van der Waals surface area contributed by atoms with E-state index in [4.69, 9.17) is 4.74 Å². The number of imidazole rings is 1. The molecule has 1 amide bonds. The lowest BCUT2D eigenvalue weighted by Gasteiger charge is -2.31. The molecule has 4 rings (SSSR count). The maximum atomic E-state index is 13.3. The van der Waals surface area contributed by atoms with Crippen LogP contribution in [0.15, 0.2) is 36.8 Å². The zero-order valence-corrected chi connectivity index (χ0v) is 16.0. The first-order valence-electron chi connectivity index (χ1n) is 9.46. The fraction of sp³-hybridized carbons (Fsp3) is 0.500. The van der Waals surface area contributed by atoms with E-state index in [1.54, 1.807) is 6.33 Å². The van der Waals surface area contributed by atoms with Crippen molar-refractivity contribution in [2.75, 3.05) is 51.8 Å². The van der Waals surface area contributed by atoms with Gasteiger partial charge in [-0.15, -0.1) is 0 Å². The number of rotatable bonds is 4. The minimum absolute atomic E-state index is 0.0657. The van der Waals surface area contributed by atoms with Gasteiger partial charge in [-0.25, -0.2) is 4.98 Å². The smallest absolute Gasteiger partial charge is 0.254 e. The van der Waals surface area contributed by atoms with Gasteiger partial charge in [-0.1, -0.05) is 6.07 Å². The lowest BCUT2D eigenvalue weighted by Crippen LogP contribution is -2.46. The van der Waals surface area contributed by atoms with Crippen molar-refractivity contribution in [2.45, 2.75) is 12.6 Å². The van der Waals surface area contributed by atoms with Crippen molar-refractivity contribution in [3.8, 4) is 0 Å². The topological polar surface area (TPSA) is 64.7 Å². The number of hydrogen-bond acceptors (Lipinski definition) is 5. The van der Waals surface area contributed by atoms with Gasteiger partial charge >= 0.3 is 0 Å². The van der Waals surface area contributed by atoms with Crippen LogP contribution >= 0.6 is 0 Å². The van der Waals surface area contributed by atoms with Crippen LogP contribution in [0.2, 0.25) is 0 Å². The average Bonchev–Trinajstić information content (AvgIpc) is 3.00. The van der Waals surface area contributed by atoms with Crippen LogP contribution in [0.5, 0.6) is 0 Å². The predicted octanol–water partition coefficient (Wildman–Crippen LogP) is 1.45. The van der Waals surface area contributed by atoms with Crippen molar-refractivity contribution < 1.29 is 9.53 Å². The van der Waals surface area contributed by atoms with Gasteiger partial charge in [-0.2, -0.15) is 0 Å². The first-order chi connectivity index (χ1) is 13.1. The number of nitrogens with one attached hydrogen (secondary N) is 1. The molecule has 0 aliphatic carbocycles. The number of ether oxygens (including phenoxy) is 1. The highest BCUT2D eigenvalue weighted by Gasteiger charge is 2.36. The summed E-state index contributed by atoms with van der Waals surface area (Å²) >= 11 is 0. The highest BCUT2D eigenvalue weighted by molar-refractivity contribution is 5.95. The summed E-state index contributed by atoms with van der Waals surface area (Å²) in [5.74, 6) is 0.420. The number of carbonyl (C=O) groups is 1. The van der Waals surface area contributed by atoms with Gasteiger partial charge in [0.1, 0.15) is 0 Å². The third kappa shape index (κ3) is 3.99. The molecule has 144 valence electrons. The van der Waals surface area contributed by atoms with E-state index in [1.807, 2.05) is 54.4 Å². The van der Waals surface area contributed by atoms with Gasteiger partial charge in [0.25, 0.3) is 5.91 Å². The Kier molecular flexibility index (Phi) is 5.13. The predicted molar refractivity (Wildman–Crippen MR) is 104 cm³/mol. The van der Waals surface area contributed by atoms with E-state index in [0.29, 0.717) is 19.1 Å². The molecule has 2 aromatic rings. The summed E-state index contributed by atoms with van der Waals surface area (Å²) in [6.45, 7) is 4.61.